The van der Waals surface area contributed by atoms with Gasteiger partial charge >= 0.3 is 0 Å². The molecule has 0 bridgehead atoms. The molecule has 0 radical (unpaired) electrons. The van der Waals surface area contributed by atoms with Crippen molar-refractivity contribution in [1.82, 2.24) is 15.1 Å². The predicted octanol–water partition coefficient (Wildman–Crippen LogP) is 0.842. The number of hydrogen-bond acceptors (Lipinski definition) is 3. The first-order valence-electron chi connectivity index (χ1n) is 4.24. The van der Waals surface area contributed by atoms with E-state index in [0.29, 0.717) is 23.5 Å². The molecule has 1 aliphatic heterocycles. The molecule has 0 fully saturated rings. The average molecular weight is 200 g/mol. The van der Waals surface area contributed by atoms with Crippen LogP contribution in [0, 0.1) is 0 Å². The second-order valence-corrected chi connectivity index (χ2v) is 3.40. The Kier molecular flexibility index (Phi) is 2.33. The third kappa shape index (κ3) is 1.47. The highest BCUT2D eigenvalue weighted by Gasteiger charge is 2.16. The smallest absolute Gasteiger partial charge is 0.171 e. The number of halogens is 1. The lowest BCUT2D eigenvalue weighted by Crippen LogP contribution is -2.12. The monoisotopic (exact) mass is 199 g/mol. The van der Waals surface area contributed by atoms with E-state index in [9.17, 15) is 4.79 Å². The number of fused-ring (bicyclic) bond motifs is 1. The molecule has 1 aromatic heterocycles. The minimum atomic E-state index is 0.348. The third-order valence-corrected chi connectivity index (χ3v) is 2.56. The highest BCUT2D eigenvalue weighted by Crippen LogP contribution is 2.20. The van der Waals surface area contributed by atoms with Crippen molar-refractivity contribution in [1.29, 1.82) is 0 Å². The van der Waals surface area contributed by atoms with Gasteiger partial charge in [0.05, 0.1) is 10.7 Å². The number of rotatable bonds is 1. The van der Waals surface area contributed by atoms with Gasteiger partial charge in [0.1, 0.15) is 5.69 Å². The van der Waals surface area contributed by atoms with Gasteiger partial charge in [-0.2, -0.15) is 5.10 Å². The standard InChI is InChI=1S/C8H10ClN3O/c9-8-6(5-13)11-12-3-1-2-10-4-7(8)12/h5,10H,1-4H2. The Labute approximate surface area is 80.9 Å². The lowest BCUT2D eigenvalue weighted by Gasteiger charge is -1.99. The third-order valence-electron chi connectivity index (χ3n) is 2.15. The maximum atomic E-state index is 10.6. The summed E-state index contributed by atoms with van der Waals surface area (Å²) >= 11 is 5.96. The Morgan fingerprint density at radius 2 is 2.46 bits per heavy atom. The highest BCUT2D eigenvalue weighted by atomic mass is 35.5. The van der Waals surface area contributed by atoms with E-state index in [4.69, 9.17) is 11.6 Å². The zero-order valence-electron chi connectivity index (χ0n) is 7.09. The number of aldehydes is 1. The van der Waals surface area contributed by atoms with Crippen molar-refractivity contribution in [3.63, 3.8) is 0 Å². The van der Waals surface area contributed by atoms with Gasteiger partial charge in [0.25, 0.3) is 0 Å². The number of nitrogens with zero attached hydrogens (tertiary/aromatic N) is 2. The van der Waals surface area contributed by atoms with Crippen molar-refractivity contribution in [3.8, 4) is 0 Å². The average Bonchev–Trinajstić information content (AvgIpc) is 2.37. The van der Waals surface area contributed by atoms with Crippen LogP contribution in [0.25, 0.3) is 0 Å². The summed E-state index contributed by atoms with van der Waals surface area (Å²) in [5.41, 5.74) is 1.27. The Morgan fingerprint density at radius 1 is 1.62 bits per heavy atom. The summed E-state index contributed by atoms with van der Waals surface area (Å²) < 4.78 is 1.81. The molecule has 1 aliphatic rings. The van der Waals surface area contributed by atoms with Crippen LogP contribution in [0.1, 0.15) is 22.6 Å². The Balaban J connectivity index is 2.44. The molecular weight excluding hydrogens is 190 g/mol. The minimum absolute atomic E-state index is 0.348. The molecule has 0 aromatic carbocycles. The predicted molar refractivity (Wildman–Crippen MR) is 48.9 cm³/mol. The van der Waals surface area contributed by atoms with Crippen LogP contribution in [0.15, 0.2) is 0 Å². The van der Waals surface area contributed by atoms with E-state index in [1.54, 1.807) is 0 Å². The van der Waals surface area contributed by atoms with Crippen molar-refractivity contribution in [2.24, 2.45) is 0 Å². The number of nitrogens with one attached hydrogen (secondary N) is 1. The largest absolute Gasteiger partial charge is 0.311 e. The maximum Gasteiger partial charge on any atom is 0.171 e. The lowest BCUT2D eigenvalue weighted by molar-refractivity contribution is 0.111. The van der Waals surface area contributed by atoms with E-state index in [2.05, 4.69) is 10.4 Å². The number of carbonyl (C=O) groups excluding carboxylic acids is 1. The van der Waals surface area contributed by atoms with Crippen LogP contribution in [0.2, 0.25) is 5.02 Å². The molecule has 5 heteroatoms. The van der Waals surface area contributed by atoms with Crippen LogP contribution in [-0.2, 0) is 13.1 Å². The van der Waals surface area contributed by atoms with Crippen LogP contribution < -0.4 is 5.32 Å². The van der Waals surface area contributed by atoms with Crippen LogP contribution >= 0.6 is 11.6 Å². The van der Waals surface area contributed by atoms with Gasteiger partial charge in [0.15, 0.2) is 6.29 Å². The molecule has 4 nitrogen and oxygen atoms in total. The van der Waals surface area contributed by atoms with Gasteiger partial charge < -0.3 is 5.32 Å². The molecule has 13 heavy (non-hydrogen) atoms. The highest BCUT2D eigenvalue weighted by molar-refractivity contribution is 6.33. The summed E-state index contributed by atoms with van der Waals surface area (Å²) in [6, 6.07) is 0. The topological polar surface area (TPSA) is 46.9 Å². The van der Waals surface area contributed by atoms with E-state index >= 15 is 0 Å². The second kappa shape index (κ2) is 3.47. The number of hydrogen-bond donors (Lipinski definition) is 1. The molecule has 70 valence electrons. The van der Waals surface area contributed by atoms with Gasteiger partial charge in [-0.05, 0) is 13.0 Å². The summed E-state index contributed by atoms with van der Waals surface area (Å²) in [4.78, 5) is 10.6. The Bertz CT molecular complexity index is 334. The first kappa shape index (κ1) is 8.72. The molecule has 1 aromatic rings. The van der Waals surface area contributed by atoms with Gasteiger partial charge in [-0.1, -0.05) is 11.6 Å². The van der Waals surface area contributed by atoms with E-state index in [-0.39, 0.29) is 0 Å². The van der Waals surface area contributed by atoms with Crippen molar-refractivity contribution in [2.75, 3.05) is 6.54 Å². The summed E-state index contributed by atoms with van der Waals surface area (Å²) in [5, 5.41) is 7.82. The lowest BCUT2D eigenvalue weighted by atomic mass is 10.3. The van der Waals surface area contributed by atoms with Crippen LogP contribution in [0.4, 0.5) is 0 Å². The summed E-state index contributed by atoms with van der Waals surface area (Å²) in [5.74, 6) is 0. The van der Waals surface area contributed by atoms with Gasteiger partial charge in [0.2, 0.25) is 0 Å². The van der Waals surface area contributed by atoms with Crippen LogP contribution in [0.5, 0.6) is 0 Å². The van der Waals surface area contributed by atoms with Crippen molar-refractivity contribution >= 4 is 17.9 Å². The fraction of sp³-hybridized carbons (Fsp3) is 0.500. The van der Waals surface area contributed by atoms with E-state index in [1.165, 1.54) is 0 Å². The van der Waals surface area contributed by atoms with Gasteiger partial charge in [-0.15, -0.1) is 0 Å². The Hall–Kier alpha value is -0.870. The molecule has 0 saturated carbocycles. The SMILES string of the molecule is O=Cc1nn2c(c1Cl)CNCCC2. The first-order valence-corrected chi connectivity index (χ1v) is 4.62. The molecule has 0 saturated heterocycles. The zero-order valence-corrected chi connectivity index (χ0v) is 7.84. The van der Waals surface area contributed by atoms with Gasteiger partial charge in [-0.3, -0.25) is 9.48 Å². The zero-order chi connectivity index (χ0) is 9.26. The van der Waals surface area contributed by atoms with Gasteiger partial charge in [0, 0.05) is 13.1 Å². The van der Waals surface area contributed by atoms with E-state index in [1.807, 2.05) is 4.68 Å². The number of aryl methyl sites for hydroxylation is 1. The summed E-state index contributed by atoms with van der Waals surface area (Å²) in [7, 11) is 0. The van der Waals surface area contributed by atoms with E-state index < -0.39 is 0 Å². The Morgan fingerprint density at radius 3 is 3.23 bits per heavy atom. The maximum absolute atomic E-state index is 10.6. The fourth-order valence-electron chi connectivity index (χ4n) is 1.49. The molecule has 2 heterocycles. The molecule has 2 rings (SSSR count). The second-order valence-electron chi connectivity index (χ2n) is 3.02. The molecule has 0 aliphatic carbocycles. The van der Waals surface area contributed by atoms with Crippen molar-refractivity contribution in [2.45, 2.75) is 19.5 Å². The van der Waals surface area contributed by atoms with Crippen molar-refractivity contribution < 1.29 is 4.79 Å². The van der Waals surface area contributed by atoms with Gasteiger partial charge in [-0.25, -0.2) is 0 Å². The number of carbonyl (C=O) groups is 1. The van der Waals surface area contributed by atoms with Crippen LogP contribution in [0.3, 0.4) is 0 Å². The molecule has 0 atom stereocenters. The molecular formula is C8H10ClN3O. The minimum Gasteiger partial charge on any atom is -0.311 e. The van der Waals surface area contributed by atoms with Crippen LogP contribution in [-0.4, -0.2) is 22.6 Å². The summed E-state index contributed by atoms with van der Waals surface area (Å²) in [6.45, 7) is 2.49. The molecule has 0 spiro atoms. The molecule has 0 unspecified atom stereocenters. The quantitative estimate of drug-likeness (QED) is 0.682. The number of aromatic nitrogens is 2. The normalized spacial score (nSPS) is 16.4. The first-order chi connectivity index (χ1) is 6.33. The van der Waals surface area contributed by atoms with Crippen molar-refractivity contribution in [3.05, 3.63) is 16.4 Å². The molecule has 1 N–H and O–H groups in total. The van der Waals surface area contributed by atoms with E-state index in [0.717, 1.165) is 25.2 Å². The summed E-state index contributed by atoms with van der Waals surface area (Å²) in [6.07, 6.45) is 1.72. The fourth-order valence-corrected chi connectivity index (χ4v) is 1.73. The molecule has 0 amide bonds.